The van der Waals surface area contributed by atoms with Crippen molar-refractivity contribution in [3.8, 4) is 22.4 Å². The fourth-order valence-corrected chi connectivity index (χ4v) is 5.41. The second-order valence-electron chi connectivity index (χ2n) is 10.2. The molecule has 0 radical (unpaired) electrons. The molecule has 0 N–H and O–H groups in total. The first-order valence-electron chi connectivity index (χ1n) is 13.5. The van der Waals surface area contributed by atoms with Crippen LogP contribution < -0.4 is 0 Å². The van der Waals surface area contributed by atoms with Gasteiger partial charge in [-0.1, -0.05) is 54.1 Å². The van der Waals surface area contributed by atoms with Crippen LogP contribution in [0.1, 0.15) is 43.0 Å². The largest absolute Gasteiger partial charge is 0.466 e. The molecule has 4 aromatic rings. The van der Waals surface area contributed by atoms with Crippen LogP contribution in [0.2, 0.25) is 0 Å². The Morgan fingerprint density at radius 2 is 1.84 bits per heavy atom. The van der Waals surface area contributed by atoms with Crippen LogP contribution >= 0.6 is 0 Å². The van der Waals surface area contributed by atoms with E-state index in [1.54, 1.807) is 0 Å². The zero-order valence-electron chi connectivity index (χ0n) is 22.4. The van der Waals surface area contributed by atoms with Gasteiger partial charge in [0.25, 0.3) is 0 Å². The number of piperidine rings is 1. The third-order valence-electron chi connectivity index (χ3n) is 7.44. The van der Waals surface area contributed by atoms with Crippen molar-refractivity contribution < 1.29 is 14.3 Å². The van der Waals surface area contributed by atoms with E-state index in [2.05, 4.69) is 66.9 Å². The standard InChI is InChI=1S/C32H35N3O3/c1-4-38-32(37)26-11-8-18-34(20-26)30(36)17-15-28-31(24-9-6-5-7-10-24)33-29-16-14-25(21-35(28)29)27-19-22(2)12-13-23(27)3/h5-7,9-10,12-14,16,19,21,26H,4,8,11,15,17-18,20H2,1-3H3. The third kappa shape index (κ3) is 5.35. The maximum atomic E-state index is 13.3. The van der Waals surface area contributed by atoms with Gasteiger partial charge in [-0.2, -0.15) is 0 Å². The van der Waals surface area contributed by atoms with E-state index in [0.717, 1.165) is 41.0 Å². The Bertz CT molecular complexity index is 1460. The van der Waals surface area contributed by atoms with Crippen LogP contribution in [0.25, 0.3) is 28.0 Å². The number of aryl methyl sites for hydroxylation is 3. The number of fused-ring (bicyclic) bond motifs is 1. The van der Waals surface area contributed by atoms with Crippen molar-refractivity contribution >= 4 is 17.5 Å². The van der Waals surface area contributed by atoms with Crippen molar-refractivity contribution in [2.75, 3.05) is 19.7 Å². The summed E-state index contributed by atoms with van der Waals surface area (Å²) in [6, 6.07) is 20.8. The van der Waals surface area contributed by atoms with Gasteiger partial charge in [-0.05, 0) is 68.9 Å². The van der Waals surface area contributed by atoms with Crippen LogP contribution in [0.4, 0.5) is 0 Å². The van der Waals surface area contributed by atoms with Crippen molar-refractivity contribution in [1.82, 2.24) is 14.3 Å². The van der Waals surface area contributed by atoms with Gasteiger partial charge in [-0.3, -0.25) is 9.59 Å². The molecule has 1 fully saturated rings. The molecule has 0 saturated carbocycles. The maximum Gasteiger partial charge on any atom is 0.310 e. The molecular weight excluding hydrogens is 474 g/mol. The highest BCUT2D eigenvalue weighted by Gasteiger charge is 2.29. The molecule has 3 heterocycles. The lowest BCUT2D eigenvalue weighted by molar-refractivity contribution is -0.151. The van der Waals surface area contributed by atoms with Gasteiger partial charge in [0.15, 0.2) is 0 Å². The summed E-state index contributed by atoms with van der Waals surface area (Å²) >= 11 is 0. The van der Waals surface area contributed by atoms with Crippen LogP contribution in [0.5, 0.6) is 0 Å². The molecule has 2 aromatic carbocycles. The predicted octanol–water partition coefficient (Wildman–Crippen LogP) is 6.02. The highest BCUT2D eigenvalue weighted by Crippen LogP contribution is 2.30. The number of carbonyl (C=O) groups excluding carboxylic acids is 2. The molecule has 1 atom stereocenters. The summed E-state index contributed by atoms with van der Waals surface area (Å²) in [4.78, 5) is 32.4. The average molecular weight is 510 g/mol. The quantitative estimate of drug-likeness (QED) is 0.286. The molecule has 6 nitrogen and oxygen atoms in total. The minimum absolute atomic E-state index is 0.0682. The Morgan fingerprint density at radius 1 is 1.03 bits per heavy atom. The number of amides is 1. The minimum atomic E-state index is -0.233. The van der Waals surface area contributed by atoms with E-state index in [0.29, 0.717) is 32.5 Å². The monoisotopic (exact) mass is 509 g/mol. The van der Waals surface area contributed by atoms with E-state index < -0.39 is 0 Å². The molecule has 1 aliphatic heterocycles. The number of imidazole rings is 1. The zero-order chi connectivity index (χ0) is 26.6. The second kappa shape index (κ2) is 11.2. The molecule has 0 bridgehead atoms. The van der Waals surface area contributed by atoms with Crippen LogP contribution in [0.3, 0.4) is 0 Å². The summed E-state index contributed by atoms with van der Waals surface area (Å²) < 4.78 is 7.36. The number of likely N-dealkylation sites (tertiary alicyclic amines) is 1. The smallest absolute Gasteiger partial charge is 0.310 e. The number of hydrogen-bond donors (Lipinski definition) is 0. The molecule has 2 aromatic heterocycles. The van der Waals surface area contributed by atoms with Gasteiger partial charge in [0.05, 0.1) is 23.9 Å². The zero-order valence-corrected chi connectivity index (χ0v) is 22.4. The normalized spacial score (nSPS) is 15.6. The fraction of sp³-hybridized carbons (Fsp3) is 0.344. The fourth-order valence-electron chi connectivity index (χ4n) is 5.41. The summed E-state index contributed by atoms with van der Waals surface area (Å²) in [6.07, 6.45) is 4.65. The number of rotatable bonds is 7. The van der Waals surface area contributed by atoms with Crippen molar-refractivity contribution in [3.63, 3.8) is 0 Å². The van der Waals surface area contributed by atoms with Gasteiger partial charge in [0, 0.05) is 31.3 Å². The lowest BCUT2D eigenvalue weighted by Crippen LogP contribution is -2.42. The summed E-state index contributed by atoms with van der Waals surface area (Å²) in [7, 11) is 0. The van der Waals surface area contributed by atoms with Gasteiger partial charge in [-0.15, -0.1) is 0 Å². The van der Waals surface area contributed by atoms with Crippen LogP contribution in [-0.2, 0) is 20.7 Å². The van der Waals surface area contributed by atoms with Gasteiger partial charge >= 0.3 is 5.97 Å². The summed E-state index contributed by atoms with van der Waals surface area (Å²) in [5.74, 6) is -0.362. The van der Waals surface area contributed by atoms with E-state index in [4.69, 9.17) is 9.72 Å². The van der Waals surface area contributed by atoms with Gasteiger partial charge in [0.1, 0.15) is 5.65 Å². The summed E-state index contributed by atoms with van der Waals surface area (Å²) in [5, 5.41) is 0. The van der Waals surface area contributed by atoms with Crippen molar-refractivity contribution in [3.05, 3.63) is 83.7 Å². The van der Waals surface area contributed by atoms with Crippen molar-refractivity contribution in [2.24, 2.45) is 5.92 Å². The molecule has 6 heteroatoms. The van der Waals surface area contributed by atoms with E-state index in [1.165, 1.54) is 16.7 Å². The van der Waals surface area contributed by atoms with E-state index in [1.807, 2.05) is 30.0 Å². The van der Waals surface area contributed by atoms with E-state index >= 15 is 0 Å². The average Bonchev–Trinajstić information content (AvgIpc) is 3.31. The Morgan fingerprint density at radius 3 is 2.63 bits per heavy atom. The van der Waals surface area contributed by atoms with Crippen LogP contribution in [0, 0.1) is 19.8 Å². The second-order valence-corrected chi connectivity index (χ2v) is 10.2. The number of esters is 1. The molecule has 1 aliphatic rings. The molecule has 1 unspecified atom stereocenters. The number of aromatic nitrogens is 2. The molecule has 196 valence electrons. The minimum Gasteiger partial charge on any atom is -0.466 e. The SMILES string of the molecule is CCOC(=O)C1CCCN(C(=O)CCc2c(-c3ccccc3)nc3ccc(-c4cc(C)ccc4C)cn23)C1. The first-order chi connectivity index (χ1) is 18.4. The molecule has 38 heavy (non-hydrogen) atoms. The Balaban J connectivity index is 1.46. The van der Waals surface area contributed by atoms with Crippen molar-refractivity contribution in [2.45, 2.75) is 46.5 Å². The number of benzene rings is 2. The topological polar surface area (TPSA) is 63.9 Å². The van der Waals surface area contributed by atoms with Gasteiger partial charge in [0.2, 0.25) is 5.91 Å². The maximum absolute atomic E-state index is 13.3. The molecule has 1 saturated heterocycles. The van der Waals surface area contributed by atoms with E-state index in [-0.39, 0.29) is 17.8 Å². The number of carbonyl (C=O) groups is 2. The lowest BCUT2D eigenvalue weighted by atomic mass is 9.97. The Hall–Kier alpha value is -3.93. The Kier molecular flexibility index (Phi) is 7.59. The number of nitrogens with zero attached hydrogens (tertiary/aromatic N) is 3. The Labute approximate surface area is 224 Å². The first-order valence-corrected chi connectivity index (χ1v) is 13.5. The lowest BCUT2D eigenvalue weighted by Gasteiger charge is -2.31. The third-order valence-corrected chi connectivity index (χ3v) is 7.44. The van der Waals surface area contributed by atoms with Gasteiger partial charge in [-0.25, -0.2) is 4.98 Å². The van der Waals surface area contributed by atoms with Gasteiger partial charge < -0.3 is 14.0 Å². The van der Waals surface area contributed by atoms with E-state index in [9.17, 15) is 9.59 Å². The highest BCUT2D eigenvalue weighted by molar-refractivity contribution is 5.79. The molecular formula is C32H35N3O3. The molecule has 5 rings (SSSR count). The van der Waals surface area contributed by atoms with Crippen LogP contribution in [0.15, 0.2) is 66.9 Å². The predicted molar refractivity (Wildman–Crippen MR) is 150 cm³/mol. The van der Waals surface area contributed by atoms with Crippen LogP contribution in [-0.4, -0.2) is 45.9 Å². The number of hydrogen-bond acceptors (Lipinski definition) is 4. The number of ether oxygens (including phenoxy) is 1. The molecule has 0 aliphatic carbocycles. The number of pyridine rings is 1. The molecule has 0 spiro atoms. The molecule has 1 amide bonds. The summed E-state index contributed by atoms with van der Waals surface area (Å²) in [6.45, 7) is 7.54. The van der Waals surface area contributed by atoms with Crippen molar-refractivity contribution in [1.29, 1.82) is 0 Å². The highest BCUT2D eigenvalue weighted by atomic mass is 16.5. The summed E-state index contributed by atoms with van der Waals surface area (Å²) in [5.41, 5.74) is 8.57. The first kappa shape index (κ1) is 25.7.